The van der Waals surface area contributed by atoms with Crippen molar-refractivity contribution < 1.29 is 4.79 Å². The predicted molar refractivity (Wildman–Crippen MR) is 68.6 cm³/mol. The van der Waals surface area contributed by atoms with Crippen LogP contribution in [0.3, 0.4) is 0 Å². The molecule has 0 bridgehead atoms. The van der Waals surface area contributed by atoms with Gasteiger partial charge >= 0.3 is 0 Å². The Hall–Kier alpha value is -0.610. The van der Waals surface area contributed by atoms with Gasteiger partial charge in [-0.1, -0.05) is 6.92 Å². The number of carbonyl (C=O) groups is 1. The Morgan fingerprint density at radius 1 is 1.35 bits per heavy atom. The van der Waals surface area contributed by atoms with Crippen molar-refractivity contribution in [2.24, 2.45) is 11.7 Å². The molecular formula is C13H25N3O. The summed E-state index contributed by atoms with van der Waals surface area (Å²) in [5.41, 5.74) is 5.53. The van der Waals surface area contributed by atoms with E-state index in [1.807, 2.05) is 6.92 Å². The molecule has 0 aromatic heterocycles. The minimum absolute atomic E-state index is 0.174. The first kappa shape index (κ1) is 12.8. The first-order valence-corrected chi connectivity index (χ1v) is 6.92. The third-order valence-electron chi connectivity index (χ3n) is 3.89. The Labute approximate surface area is 104 Å². The van der Waals surface area contributed by atoms with Crippen molar-refractivity contribution >= 4 is 5.91 Å². The van der Waals surface area contributed by atoms with Crippen molar-refractivity contribution in [3.63, 3.8) is 0 Å². The number of hydrogen-bond donors (Lipinski definition) is 2. The van der Waals surface area contributed by atoms with Gasteiger partial charge in [0.2, 0.25) is 5.91 Å². The average molecular weight is 239 g/mol. The summed E-state index contributed by atoms with van der Waals surface area (Å²) in [6.07, 6.45) is 5.55. The molecule has 1 atom stereocenters. The first-order chi connectivity index (χ1) is 8.19. The number of piperidine rings is 1. The quantitative estimate of drug-likeness (QED) is 0.743. The predicted octanol–water partition coefficient (Wildman–Crippen LogP) is 0.714. The zero-order valence-electron chi connectivity index (χ0n) is 10.8. The fraction of sp³-hybridized carbons (Fsp3) is 0.923. The van der Waals surface area contributed by atoms with Gasteiger partial charge in [0.05, 0.1) is 0 Å². The van der Waals surface area contributed by atoms with Gasteiger partial charge in [0.1, 0.15) is 0 Å². The zero-order valence-corrected chi connectivity index (χ0v) is 10.8. The van der Waals surface area contributed by atoms with Gasteiger partial charge in [-0.2, -0.15) is 0 Å². The van der Waals surface area contributed by atoms with E-state index in [1.165, 1.54) is 12.8 Å². The molecule has 4 heteroatoms. The molecule has 0 aromatic rings. The standard InChI is InChI=1S/C13H25N3O/c1-10(9-14)8-13(17)15-11-4-6-16(7-5-11)12-2-3-12/h10-12H,2-9,14H2,1H3,(H,15,17). The lowest BCUT2D eigenvalue weighted by Crippen LogP contribution is -2.45. The number of carbonyl (C=O) groups excluding carboxylic acids is 1. The highest BCUT2D eigenvalue weighted by molar-refractivity contribution is 5.76. The average Bonchev–Trinajstić information content (AvgIpc) is 3.13. The van der Waals surface area contributed by atoms with Crippen molar-refractivity contribution in [1.82, 2.24) is 10.2 Å². The molecule has 2 aliphatic rings. The molecule has 1 aliphatic heterocycles. The first-order valence-electron chi connectivity index (χ1n) is 6.92. The van der Waals surface area contributed by atoms with E-state index in [-0.39, 0.29) is 5.91 Å². The Balaban J connectivity index is 1.64. The van der Waals surface area contributed by atoms with Crippen molar-refractivity contribution in [3.05, 3.63) is 0 Å². The fourth-order valence-corrected chi connectivity index (χ4v) is 2.54. The van der Waals surface area contributed by atoms with Crippen LogP contribution in [0.4, 0.5) is 0 Å². The molecule has 2 fully saturated rings. The van der Waals surface area contributed by atoms with Gasteiger partial charge in [-0.05, 0) is 38.1 Å². The van der Waals surface area contributed by atoms with Crippen molar-refractivity contribution in [2.75, 3.05) is 19.6 Å². The summed E-state index contributed by atoms with van der Waals surface area (Å²) in [7, 11) is 0. The monoisotopic (exact) mass is 239 g/mol. The molecule has 1 amide bonds. The van der Waals surface area contributed by atoms with E-state index in [9.17, 15) is 4.79 Å². The largest absolute Gasteiger partial charge is 0.353 e. The number of likely N-dealkylation sites (tertiary alicyclic amines) is 1. The van der Waals surface area contributed by atoms with Gasteiger partial charge in [0.15, 0.2) is 0 Å². The molecule has 1 unspecified atom stereocenters. The van der Waals surface area contributed by atoms with Gasteiger partial charge < -0.3 is 16.0 Å². The van der Waals surface area contributed by atoms with Crippen molar-refractivity contribution in [2.45, 2.75) is 51.1 Å². The molecule has 98 valence electrons. The molecule has 17 heavy (non-hydrogen) atoms. The second-order valence-electron chi connectivity index (χ2n) is 5.65. The second-order valence-corrected chi connectivity index (χ2v) is 5.65. The Bertz CT molecular complexity index is 257. The highest BCUT2D eigenvalue weighted by Crippen LogP contribution is 2.29. The van der Waals surface area contributed by atoms with E-state index in [2.05, 4.69) is 10.2 Å². The molecular weight excluding hydrogens is 214 g/mol. The minimum atomic E-state index is 0.174. The van der Waals surface area contributed by atoms with Gasteiger partial charge in [0, 0.05) is 31.6 Å². The maximum Gasteiger partial charge on any atom is 0.220 e. The van der Waals surface area contributed by atoms with E-state index in [0.29, 0.717) is 24.9 Å². The lowest BCUT2D eigenvalue weighted by atomic mass is 10.0. The van der Waals surface area contributed by atoms with Crippen LogP contribution in [0.15, 0.2) is 0 Å². The number of rotatable bonds is 5. The molecule has 1 saturated heterocycles. The van der Waals surface area contributed by atoms with E-state index >= 15 is 0 Å². The Kier molecular flexibility index (Phi) is 4.40. The van der Waals surface area contributed by atoms with Crippen molar-refractivity contribution in [3.8, 4) is 0 Å². The van der Waals surface area contributed by atoms with Gasteiger partial charge in [0.25, 0.3) is 0 Å². The van der Waals surface area contributed by atoms with Crippen LogP contribution in [-0.4, -0.2) is 42.5 Å². The van der Waals surface area contributed by atoms with E-state index in [1.54, 1.807) is 0 Å². The lowest BCUT2D eigenvalue weighted by Gasteiger charge is -2.32. The van der Waals surface area contributed by atoms with Crippen LogP contribution >= 0.6 is 0 Å². The molecule has 2 rings (SSSR count). The number of nitrogens with one attached hydrogen (secondary N) is 1. The summed E-state index contributed by atoms with van der Waals surface area (Å²) in [6, 6.07) is 1.26. The van der Waals surface area contributed by atoms with Crippen LogP contribution in [0, 0.1) is 5.92 Å². The maximum atomic E-state index is 11.7. The SMILES string of the molecule is CC(CN)CC(=O)NC1CCN(C2CC2)CC1. The summed E-state index contributed by atoms with van der Waals surface area (Å²) < 4.78 is 0. The van der Waals surface area contributed by atoms with Crippen LogP contribution in [0.2, 0.25) is 0 Å². The highest BCUT2D eigenvalue weighted by Gasteiger charge is 2.32. The number of nitrogens with two attached hydrogens (primary N) is 1. The fourth-order valence-electron chi connectivity index (χ4n) is 2.54. The third kappa shape index (κ3) is 3.96. The number of amides is 1. The molecule has 1 saturated carbocycles. The topological polar surface area (TPSA) is 58.4 Å². The molecule has 1 aliphatic carbocycles. The smallest absolute Gasteiger partial charge is 0.220 e. The summed E-state index contributed by atoms with van der Waals surface area (Å²) >= 11 is 0. The molecule has 0 aromatic carbocycles. The van der Waals surface area contributed by atoms with E-state index < -0.39 is 0 Å². The zero-order chi connectivity index (χ0) is 12.3. The Morgan fingerprint density at radius 3 is 2.53 bits per heavy atom. The molecule has 4 nitrogen and oxygen atoms in total. The lowest BCUT2D eigenvalue weighted by molar-refractivity contribution is -0.122. The van der Waals surface area contributed by atoms with Crippen LogP contribution in [0.1, 0.15) is 39.0 Å². The van der Waals surface area contributed by atoms with Crippen LogP contribution in [0.25, 0.3) is 0 Å². The normalized spacial score (nSPS) is 24.6. The summed E-state index contributed by atoms with van der Waals surface area (Å²) in [6.45, 7) is 4.92. The minimum Gasteiger partial charge on any atom is -0.353 e. The van der Waals surface area contributed by atoms with Gasteiger partial charge in [-0.3, -0.25) is 4.79 Å². The van der Waals surface area contributed by atoms with Crippen molar-refractivity contribution in [1.29, 1.82) is 0 Å². The summed E-state index contributed by atoms with van der Waals surface area (Å²) in [5.74, 6) is 0.467. The summed E-state index contributed by atoms with van der Waals surface area (Å²) in [4.78, 5) is 14.3. The van der Waals surface area contributed by atoms with Gasteiger partial charge in [-0.15, -0.1) is 0 Å². The molecule has 1 heterocycles. The van der Waals surface area contributed by atoms with Crippen LogP contribution in [-0.2, 0) is 4.79 Å². The molecule has 3 N–H and O–H groups in total. The van der Waals surface area contributed by atoms with Crippen LogP contribution in [0.5, 0.6) is 0 Å². The number of hydrogen-bond acceptors (Lipinski definition) is 3. The van der Waals surface area contributed by atoms with E-state index in [4.69, 9.17) is 5.73 Å². The van der Waals surface area contributed by atoms with E-state index in [0.717, 1.165) is 32.0 Å². The maximum absolute atomic E-state index is 11.7. The number of nitrogens with zero attached hydrogens (tertiary/aromatic N) is 1. The summed E-state index contributed by atoms with van der Waals surface area (Å²) in [5, 5.41) is 3.14. The van der Waals surface area contributed by atoms with Crippen LogP contribution < -0.4 is 11.1 Å². The Morgan fingerprint density at radius 2 is 2.00 bits per heavy atom. The molecule has 0 radical (unpaired) electrons. The van der Waals surface area contributed by atoms with Gasteiger partial charge in [-0.25, -0.2) is 0 Å². The highest BCUT2D eigenvalue weighted by atomic mass is 16.1. The molecule has 0 spiro atoms. The third-order valence-corrected chi connectivity index (χ3v) is 3.89. The second kappa shape index (κ2) is 5.83.